The van der Waals surface area contributed by atoms with Crippen molar-refractivity contribution >= 4 is 11.6 Å². The molecule has 4 rings (SSSR count). The maximum Gasteiger partial charge on any atom is 0.231 e. The normalized spacial score (nSPS) is 28.1. The Bertz CT molecular complexity index is 558. The van der Waals surface area contributed by atoms with Crippen molar-refractivity contribution in [2.24, 2.45) is 5.92 Å². The van der Waals surface area contributed by atoms with Gasteiger partial charge in [-0.3, -0.25) is 4.79 Å². The van der Waals surface area contributed by atoms with Crippen LogP contribution in [0, 0.1) is 5.92 Å². The lowest BCUT2D eigenvalue weighted by Gasteiger charge is -2.40. The van der Waals surface area contributed by atoms with E-state index in [9.17, 15) is 4.79 Å². The summed E-state index contributed by atoms with van der Waals surface area (Å²) >= 11 is 0. The predicted octanol–water partition coefficient (Wildman–Crippen LogP) is 1.08. The summed E-state index contributed by atoms with van der Waals surface area (Å²) in [6.45, 7) is 2.00. The van der Waals surface area contributed by atoms with Gasteiger partial charge in [0.05, 0.1) is 11.6 Å². The zero-order valence-electron chi connectivity index (χ0n) is 10.8. The summed E-state index contributed by atoms with van der Waals surface area (Å²) < 4.78 is 10.9. The summed E-state index contributed by atoms with van der Waals surface area (Å²) in [6, 6.07) is 4.00. The van der Waals surface area contributed by atoms with Gasteiger partial charge in [0.1, 0.15) is 0 Å². The molecule has 0 bridgehead atoms. The van der Waals surface area contributed by atoms with Crippen molar-refractivity contribution in [3.8, 4) is 11.5 Å². The summed E-state index contributed by atoms with van der Waals surface area (Å²) in [7, 11) is 1.84. The SMILES string of the molecule is CN1C(=O)C2CNCCC2c2cc3c(cc21)OCO3. The maximum atomic E-state index is 12.4. The molecule has 0 spiro atoms. The number of hydrogen-bond donors (Lipinski definition) is 1. The van der Waals surface area contributed by atoms with Gasteiger partial charge in [0.25, 0.3) is 0 Å². The number of ether oxygens (including phenoxy) is 2. The van der Waals surface area contributed by atoms with Crippen molar-refractivity contribution in [2.75, 3.05) is 31.8 Å². The fourth-order valence-electron chi connectivity index (χ4n) is 3.39. The Labute approximate surface area is 111 Å². The minimum Gasteiger partial charge on any atom is -0.454 e. The molecule has 100 valence electrons. The Balaban J connectivity index is 1.87. The Morgan fingerprint density at radius 1 is 1.26 bits per heavy atom. The highest BCUT2D eigenvalue weighted by molar-refractivity contribution is 5.99. The molecule has 1 aromatic carbocycles. The molecule has 0 radical (unpaired) electrons. The molecule has 1 N–H and O–H groups in total. The molecule has 19 heavy (non-hydrogen) atoms. The number of amides is 1. The first-order valence-corrected chi connectivity index (χ1v) is 6.67. The molecule has 1 aromatic rings. The van der Waals surface area contributed by atoms with Crippen LogP contribution in [0.5, 0.6) is 11.5 Å². The molecule has 1 amide bonds. The van der Waals surface area contributed by atoms with Gasteiger partial charge in [-0.25, -0.2) is 0 Å². The predicted molar refractivity (Wildman–Crippen MR) is 69.7 cm³/mol. The monoisotopic (exact) mass is 260 g/mol. The van der Waals surface area contributed by atoms with Crippen LogP contribution in [0.3, 0.4) is 0 Å². The van der Waals surface area contributed by atoms with Gasteiger partial charge in [-0.15, -0.1) is 0 Å². The largest absolute Gasteiger partial charge is 0.454 e. The third kappa shape index (κ3) is 1.48. The fourth-order valence-corrected chi connectivity index (χ4v) is 3.39. The highest BCUT2D eigenvalue weighted by Crippen LogP contribution is 2.47. The van der Waals surface area contributed by atoms with E-state index in [2.05, 4.69) is 11.4 Å². The van der Waals surface area contributed by atoms with Crippen LogP contribution >= 0.6 is 0 Å². The van der Waals surface area contributed by atoms with Crippen molar-refractivity contribution in [1.82, 2.24) is 5.32 Å². The van der Waals surface area contributed by atoms with E-state index in [-0.39, 0.29) is 18.6 Å². The van der Waals surface area contributed by atoms with E-state index >= 15 is 0 Å². The molecule has 0 saturated carbocycles. The summed E-state index contributed by atoms with van der Waals surface area (Å²) in [4.78, 5) is 14.2. The number of carbonyl (C=O) groups is 1. The molecular weight excluding hydrogens is 244 g/mol. The highest BCUT2D eigenvalue weighted by atomic mass is 16.7. The van der Waals surface area contributed by atoms with Crippen LogP contribution in [-0.2, 0) is 4.79 Å². The Morgan fingerprint density at radius 2 is 2.05 bits per heavy atom. The summed E-state index contributed by atoms with van der Waals surface area (Å²) in [5.74, 6) is 2.09. The van der Waals surface area contributed by atoms with Crippen molar-refractivity contribution in [1.29, 1.82) is 0 Å². The van der Waals surface area contributed by atoms with E-state index in [0.29, 0.717) is 5.92 Å². The van der Waals surface area contributed by atoms with Crippen molar-refractivity contribution in [2.45, 2.75) is 12.3 Å². The molecule has 5 nitrogen and oxygen atoms in total. The maximum absolute atomic E-state index is 12.4. The Kier molecular flexibility index (Phi) is 2.26. The van der Waals surface area contributed by atoms with E-state index in [1.165, 1.54) is 5.56 Å². The molecule has 1 saturated heterocycles. The molecule has 0 aliphatic carbocycles. The molecule has 1 fully saturated rings. The van der Waals surface area contributed by atoms with Crippen LogP contribution in [0.25, 0.3) is 0 Å². The van der Waals surface area contributed by atoms with Crippen LogP contribution in [0.1, 0.15) is 17.9 Å². The smallest absolute Gasteiger partial charge is 0.231 e. The van der Waals surface area contributed by atoms with Gasteiger partial charge in [-0.1, -0.05) is 0 Å². The lowest BCUT2D eigenvalue weighted by Crippen LogP contribution is -2.48. The summed E-state index contributed by atoms with van der Waals surface area (Å²) in [6.07, 6.45) is 0.997. The lowest BCUT2D eigenvalue weighted by molar-refractivity contribution is -0.123. The second-order valence-corrected chi connectivity index (χ2v) is 5.37. The van der Waals surface area contributed by atoms with Gasteiger partial charge in [-0.05, 0) is 24.6 Å². The first-order valence-electron chi connectivity index (χ1n) is 6.67. The molecule has 2 atom stereocenters. The van der Waals surface area contributed by atoms with Crippen LogP contribution in [0.2, 0.25) is 0 Å². The van der Waals surface area contributed by atoms with Crippen LogP contribution in [-0.4, -0.2) is 32.8 Å². The van der Waals surface area contributed by atoms with Gasteiger partial charge in [0, 0.05) is 25.6 Å². The number of nitrogens with one attached hydrogen (secondary N) is 1. The van der Waals surface area contributed by atoms with Crippen molar-refractivity contribution < 1.29 is 14.3 Å². The van der Waals surface area contributed by atoms with Crippen LogP contribution < -0.4 is 19.7 Å². The first-order chi connectivity index (χ1) is 9.25. The number of nitrogens with zero attached hydrogens (tertiary/aromatic N) is 1. The van der Waals surface area contributed by atoms with Crippen molar-refractivity contribution in [3.05, 3.63) is 17.7 Å². The van der Waals surface area contributed by atoms with E-state index in [1.807, 2.05) is 13.1 Å². The van der Waals surface area contributed by atoms with Crippen LogP contribution in [0.4, 0.5) is 5.69 Å². The second kappa shape index (κ2) is 3.87. The van der Waals surface area contributed by atoms with Gasteiger partial charge >= 0.3 is 0 Å². The zero-order valence-corrected chi connectivity index (χ0v) is 10.8. The molecule has 0 aromatic heterocycles. The molecule has 3 aliphatic rings. The van der Waals surface area contributed by atoms with E-state index in [0.717, 1.165) is 36.7 Å². The highest BCUT2D eigenvalue weighted by Gasteiger charge is 2.41. The molecular formula is C14H16N2O3. The van der Waals surface area contributed by atoms with E-state index in [1.54, 1.807) is 4.90 Å². The average molecular weight is 260 g/mol. The standard InChI is InChI=1S/C14H16N2O3/c1-16-11-5-13-12(18-7-19-13)4-9(11)8-2-3-15-6-10(8)14(16)17/h4-5,8,10,15H,2-3,6-7H2,1H3. The summed E-state index contributed by atoms with van der Waals surface area (Å²) in [5.41, 5.74) is 2.19. The summed E-state index contributed by atoms with van der Waals surface area (Å²) in [5, 5.41) is 3.31. The fraction of sp³-hybridized carbons (Fsp3) is 0.500. The van der Waals surface area contributed by atoms with E-state index < -0.39 is 0 Å². The third-order valence-corrected chi connectivity index (χ3v) is 4.41. The number of fused-ring (bicyclic) bond motifs is 4. The van der Waals surface area contributed by atoms with Gasteiger partial charge < -0.3 is 19.7 Å². The Morgan fingerprint density at radius 3 is 2.89 bits per heavy atom. The van der Waals surface area contributed by atoms with Crippen LogP contribution in [0.15, 0.2) is 12.1 Å². The quantitative estimate of drug-likeness (QED) is 0.758. The molecule has 3 aliphatic heterocycles. The molecule has 2 unspecified atom stereocenters. The minimum atomic E-state index is 0.0478. The topological polar surface area (TPSA) is 50.8 Å². The number of carbonyl (C=O) groups excluding carboxylic acids is 1. The zero-order chi connectivity index (χ0) is 13.0. The molecule has 5 heteroatoms. The van der Waals surface area contributed by atoms with Gasteiger partial charge in [-0.2, -0.15) is 0 Å². The number of anilines is 1. The molecule has 3 heterocycles. The number of hydrogen-bond acceptors (Lipinski definition) is 4. The number of piperidine rings is 1. The number of benzene rings is 1. The van der Waals surface area contributed by atoms with E-state index in [4.69, 9.17) is 9.47 Å². The first kappa shape index (κ1) is 11.1. The second-order valence-electron chi connectivity index (χ2n) is 5.37. The van der Waals surface area contributed by atoms with Gasteiger partial charge in [0.2, 0.25) is 12.7 Å². The van der Waals surface area contributed by atoms with Gasteiger partial charge in [0.15, 0.2) is 11.5 Å². The van der Waals surface area contributed by atoms with Crippen molar-refractivity contribution in [3.63, 3.8) is 0 Å². The third-order valence-electron chi connectivity index (χ3n) is 4.41. The Hall–Kier alpha value is -1.75. The minimum absolute atomic E-state index is 0.0478. The lowest BCUT2D eigenvalue weighted by atomic mass is 9.76. The average Bonchev–Trinajstić information content (AvgIpc) is 2.90. The number of rotatable bonds is 0.